The zero-order valence-corrected chi connectivity index (χ0v) is 7.00. The van der Waals surface area contributed by atoms with Crippen molar-refractivity contribution in [1.82, 2.24) is 0 Å². The maximum Gasteiger partial charge on any atom is 0.648 e. The maximum atomic E-state index is 4.48. The van der Waals surface area contributed by atoms with Crippen LogP contribution in [0.5, 0.6) is 0 Å². The van der Waals surface area contributed by atoms with E-state index in [1.807, 2.05) is 28.4 Å². The molecular formula is H6BO3P3. The molecular weight excluding hydrogens is 152 g/mol. The second-order valence-electron chi connectivity index (χ2n) is 0.697. The molecule has 0 fully saturated rings. The van der Waals surface area contributed by atoms with Crippen LogP contribution in [-0.4, -0.2) is 7.32 Å². The minimum absolute atomic E-state index is 0.625. The summed E-state index contributed by atoms with van der Waals surface area (Å²) in [7, 11) is 5.40. The van der Waals surface area contributed by atoms with E-state index in [1.165, 1.54) is 0 Å². The number of hydrogen-bond acceptors (Lipinski definition) is 3. The van der Waals surface area contributed by atoms with Crippen LogP contribution in [0, 0.1) is 0 Å². The van der Waals surface area contributed by atoms with Gasteiger partial charge in [0.05, 0.1) is 0 Å². The smallest absolute Gasteiger partial charge is 0.368 e. The molecule has 0 aromatic rings. The van der Waals surface area contributed by atoms with Crippen LogP contribution in [0.3, 0.4) is 0 Å². The van der Waals surface area contributed by atoms with Gasteiger partial charge in [-0.3, -0.25) is 0 Å². The topological polar surface area (TPSA) is 27.7 Å². The summed E-state index contributed by atoms with van der Waals surface area (Å²) in [6.07, 6.45) is 0. The lowest BCUT2D eigenvalue weighted by molar-refractivity contribution is 0.376. The number of rotatable bonds is 3. The summed E-state index contributed by atoms with van der Waals surface area (Å²) in [6.45, 7) is 0. The fourth-order valence-corrected chi connectivity index (χ4v) is 0.866. The van der Waals surface area contributed by atoms with Crippen molar-refractivity contribution in [2.75, 3.05) is 0 Å². The molecule has 0 saturated heterocycles. The molecule has 7 heteroatoms. The van der Waals surface area contributed by atoms with Crippen molar-refractivity contribution < 1.29 is 13.3 Å². The second kappa shape index (κ2) is 5.37. The lowest BCUT2D eigenvalue weighted by Gasteiger charge is -2.00. The summed E-state index contributed by atoms with van der Waals surface area (Å²) >= 11 is 0. The van der Waals surface area contributed by atoms with Crippen LogP contribution in [0.1, 0.15) is 0 Å². The van der Waals surface area contributed by atoms with Crippen LogP contribution in [0.15, 0.2) is 0 Å². The van der Waals surface area contributed by atoms with Crippen LogP contribution in [0.2, 0.25) is 0 Å². The van der Waals surface area contributed by atoms with Gasteiger partial charge in [0.25, 0.3) is 0 Å². The lowest BCUT2D eigenvalue weighted by Crippen LogP contribution is -2.12. The monoisotopic (exact) mass is 158 g/mol. The highest BCUT2D eigenvalue weighted by Crippen LogP contribution is 2.03. The summed E-state index contributed by atoms with van der Waals surface area (Å²) in [5.74, 6) is 0. The van der Waals surface area contributed by atoms with Gasteiger partial charge in [0.15, 0.2) is 0 Å². The molecule has 0 bridgehead atoms. The largest absolute Gasteiger partial charge is 0.648 e. The fourth-order valence-electron chi connectivity index (χ4n) is 0.0962. The molecule has 0 aliphatic heterocycles. The first kappa shape index (κ1) is 8.23. The molecule has 0 aliphatic rings. The molecule has 0 aromatic carbocycles. The molecule has 0 aromatic heterocycles. The Balaban J connectivity index is 2.99. The highest BCUT2D eigenvalue weighted by molar-refractivity contribution is 7.18. The van der Waals surface area contributed by atoms with Gasteiger partial charge in [-0.25, -0.2) is 0 Å². The lowest BCUT2D eigenvalue weighted by atomic mass is 10.3. The van der Waals surface area contributed by atoms with Gasteiger partial charge in [0, 0.05) is 0 Å². The summed E-state index contributed by atoms with van der Waals surface area (Å²) in [6, 6.07) is 0. The van der Waals surface area contributed by atoms with E-state index in [9.17, 15) is 0 Å². The molecule has 0 amide bonds. The highest BCUT2D eigenvalue weighted by Gasteiger charge is 2.13. The summed E-state index contributed by atoms with van der Waals surface area (Å²) in [5.41, 5.74) is 0. The van der Waals surface area contributed by atoms with Gasteiger partial charge in [-0.05, 0) is 28.4 Å². The molecule has 3 nitrogen and oxygen atoms in total. The van der Waals surface area contributed by atoms with Crippen LogP contribution >= 0.6 is 28.4 Å². The van der Waals surface area contributed by atoms with E-state index in [-0.39, 0.29) is 0 Å². The Morgan fingerprint density at radius 2 is 1.14 bits per heavy atom. The Hall–Kier alpha value is 1.23. The first-order valence-electron chi connectivity index (χ1n) is 1.41. The van der Waals surface area contributed by atoms with E-state index < -0.39 is 7.32 Å². The standard InChI is InChI=1S/BH6O3P3/c5-2-1(3-6)4-7/h5-7H2. The predicted octanol–water partition coefficient (Wildman–Crippen LogP) is 0.391. The molecule has 3 atom stereocenters. The van der Waals surface area contributed by atoms with E-state index in [0.29, 0.717) is 0 Å². The first-order chi connectivity index (χ1) is 3.35. The van der Waals surface area contributed by atoms with E-state index >= 15 is 0 Å². The Morgan fingerprint density at radius 3 is 1.14 bits per heavy atom. The summed E-state index contributed by atoms with van der Waals surface area (Å²) < 4.78 is 13.4. The third-order valence-corrected chi connectivity index (χ3v) is 1.00. The third-order valence-electron chi connectivity index (χ3n) is 0.333. The van der Waals surface area contributed by atoms with Gasteiger partial charge < -0.3 is 13.3 Å². The fraction of sp³-hybridized carbons (Fsp3) is 0. The van der Waals surface area contributed by atoms with Gasteiger partial charge in [0.2, 0.25) is 0 Å². The summed E-state index contributed by atoms with van der Waals surface area (Å²) in [5, 5.41) is 0. The molecule has 0 saturated carbocycles. The minimum Gasteiger partial charge on any atom is -0.368 e. The number of hydrogen-bond donors (Lipinski definition) is 0. The van der Waals surface area contributed by atoms with E-state index in [1.54, 1.807) is 0 Å². The average molecular weight is 158 g/mol. The zero-order chi connectivity index (χ0) is 5.70. The van der Waals surface area contributed by atoms with Crippen LogP contribution < -0.4 is 0 Å². The minimum atomic E-state index is -0.625. The van der Waals surface area contributed by atoms with Gasteiger partial charge in [-0.1, -0.05) is 0 Å². The Bertz CT molecular complexity index is 31.7. The van der Waals surface area contributed by atoms with Crippen molar-refractivity contribution in [2.45, 2.75) is 0 Å². The van der Waals surface area contributed by atoms with Crippen molar-refractivity contribution in [2.24, 2.45) is 0 Å². The van der Waals surface area contributed by atoms with Gasteiger partial charge in [-0.2, -0.15) is 0 Å². The Morgan fingerprint density at radius 1 is 0.857 bits per heavy atom. The molecule has 0 heterocycles. The van der Waals surface area contributed by atoms with E-state index in [4.69, 9.17) is 0 Å². The van der Waals surface area contributed by atoms with Crippen molar-refractivity contribution in [3.63, 3.8) is 0 Å². The SMILES string of the molecule is POB(OP)OP. The highest BCUT2D eigenvalue weighted by atomic mass is 31.0. The predicted molar refractivity (Wildman–Crippen MR) is 38.1 cm³/mol. The van der Waals surface area contributed by atoms with Gasteiger partial charge in [-0.15, -0.1) is 0 Å². The van der Waals surface area contributed by atoms with Crippen LogP contribution in [-0.2, 0) is 13.3 Å². The van der Waals surface area contributed by atoms with Gasteiger partial charge >= 0.3 is 7.32 Å². The molecule has 0 N–H and O–H groups in total. The van der Waals surface area contributed by atoms with Gasteiger partial charge in [0.1, 0.15) is 0 Å². The Kier molecular flexibility index (Phi) is 6.32. The Labute approximate surface area is 49.9 Å². The normalized spacial score (nSPS) is 9.00. The van der Waals surface area contributed by atoms with Crippen molar-refractivity contribution >= 4 is 35.7 Å². The van der Waals surface area contributed by atoms with E-state index in [2.05, 4.69) is 13.3 Å². The van der Waals surface area contributed by atoms with Crippen molar-refractivity contribution in [3.05, 3.63) is 0 Å². The third kappa shape index (κ3) is 3.79. The second-order valence-corrected chi connectivity index (χ2v) is 1.51. The molecule has 0 aliphatic carbocycles. The quantitative estimate of drug-likeness (QED) is 0.439. The molecule has 3 unspecified atom stereocenters. The van der Waals surface area contributed by atoms with Crippen LogP contribution in [0.25, 0.3) is 0 Å². The molecule has 7 heavy (non-hydrogen) atoms. The molecule has 0 spiro atoms. The summed E-state index contributed by atoms with van der Waals surface area (Å²) in [4.78, 5) is 0. The first-order valence-corrected chi connectivity index (χ1v) is 2.83. The molecule has 0 rings (SSSR count). The average Bonchev–Trinajstić information content (AvgIpc) is 1.72. The van der Waals surface area contributed by atoms with Crippen molar-refractivity contribution in [1.29, 1.82) is 0 Å². The zero-order valence-electron chi connectivity index (χ0n) is 3.53. The molecule has 0 radical (unpaired) electrons. The van der Waals surface area contributed by atoms with Crippen LogP contribution in [0.4, 0.5) is 0 Å². The van der Waals surface area contributed by atoms with Crippen molar-refractivity contribution in [3.8, 4) is 0 Å². The van der Waals surface area contributed by atoms with E-state index in [0.717, 1.165) is 0 Å². The maximum absolute atomic E-state index is 4.48. The molecule has 42 valence electrons.